The molecule has 0 spiro atoms. The van der Waals surface area contributed by atoms with Gasteiger partial charge >= 0.3 is 0 Å². The number of amides is 1. The lowest BCUT2D eigenvalue weighted by molar-refractivity contribution is -0.144. The Labute approximate surface area is 110 Å². The Morgan fingerprint density at radius 1 is 1.50 bits per heavy atom. The molecule has 4 nitrogen and oxygen atoms in total. The van der Waals surface area contributed by atoms with E-state index >= 15 is 0 Å². The number of methoxy groups -OCH3 is 1. The van der Waals surface area contributed by atoms with Crippen molar-refractivity contribution in [2.75, 3.05) is 39.9 Å². The molecular formula is C14H26N2O2. The van der Waals surface area contributed by atoms with Gasteiger partial charge in [-0.15, -0.1) is 0 Å². The molecule has 0 aromatic carbocycles. The summed E-state index contributed by atoms with van der Waals surface area (Å²) in [6.45, 7) is 6.57. The fourth-order valence-corrected chi connectivity index (χ4v) is 3.24. The van der Waals surface area contributed by atoms with E-state index in [0.29, 0.717) is 11.8 Å². The molecule has 1 amide bonds. The van der Waals surface area contributed by atoms with E-state index in [1.165, 1.54) is 6.42 Å². The van der Waals surface area contributed by atoms with E-state index in [4.69, 9.17) is 4.74 Å². The molecule has 0 saturated carbocycles. The molecule has 2 saturated heterocycles. The summed E-state index contributed by atoms with van der Waals surface area (Å²) in [7, 11) is 1.74. The summed E-state index contributed by atoms with van der Waals surface area (Å²) >= 11 is 0. The number of nitrogens with one attached hydrogen (secondary N) is 1. The van der Waals surface area contributed by atoms with Crippen LogP contribution in [0.15, 0.2) is 0 Å². The van der Waals surface area contributed by atoms with Crippen LogP contribution in [0.1, 0.15) is 32.6 Å². The summed E-state index contributed by atoms with van der Waals surface area (Å²) < 4.78 is 5.23. The van der Waals surface area contributed by atoms with Gasteiger partial charge in [0.1, 0.15) is 0 Å². The number of hydrogen-bond donors (Lipinski definition) is 1. The van der Waals surface area contributed by atoms with Gasteiger partial charge < -0.3 is 15.0 Å². The van der Waals surface area contributed by atoms with Crippen molar-refractivity contribution in [2.24, 2.45) is 11.3 Å². The number of nitrogens with zero attached hydrogens (tertiary/aromatic N) is 1. The summed E-state index contributed by atoms with van der Waals surface area (Å²) in [5.41, 5.74) is -0.187. The standard InChI is InChI=1S/C14H26N2O2/c1-14(6-4-7-15-11-14)13(17)16-8-3-5-12(9-16)10-18-2/h12,15H,3-11H2,1-2H3. The van der Waals surface area contributed by atoms with Gasteiger partial charge in [0.15, 0.2) is 0 Å². The van der Waals surface area contributed by atoms with Gasteiger partial charge in [-0.1, -0.05) is 0 Å². The first kappa shape index (κ1) is 13.8. The van der Waals surface area contributed by atoms with Gasteiger partial charge in [0, 0.05) is 26.7 Å². The molecule has 104 valence electrons. The number of piperidine rings is 2. The second-order valence-electron chi connectivity index (χ2n) is 6.06. The van der Waals surface area contributed by atoms with Crippen LogP contribution in [0, 0.1) is 11.3 Å². The van der Waals surface area contributed by atoms with Crippen molar-refractivity contribution < 1.29 is 9.53 Å². The SMILES string of the molecule is COCC1CCCN(C(=O)C2(C)CCCNC2)C1. The average molecular weight is 254 g/mol. The van der Waals surface area contributed by atoms with Gasteiger partial charge in [0.05, 0.1) is 12.0 Å². The number of ether oxygens (including phenoxy) is 1. The topological polar surface area (TPSA) is 41.6 Å². The van der Waals surface area contributed by atoms with Gasteiger partial charge in [-0.05, 0) is 45.1 Å². The summed E-state index contributed by atoms with van der Waals surface area (Å²) in [5, 5.41) is 3.36. The van der Waals surface area contributed by atoms with Crippen molar-refractivity contribution >= 4 is 5.91 Å². The van der Waals surface area contributed by atoms with Gasteiger partial charge in [-0.2, -0.15) is 0 Å². The molecule has 2 heterocycles. The zero-order chi connectivity index (χ0) is 13.0. The Bertz CT molecular complexity index is 286. The highest BCUT2D eigenvalue weighted by atomic mass is 16.5. The summed E-state index contributed by atoms with van der Waals surface area (Å²) in [6, 6.07) is 0. The molecule has 4 heteroatoms. The van der Waals surface area contributed by atoms with Crippen LogP contribution in [-0.2, 0) is 9.53 Å². The highest BCUT2D eigenvalue weighted by molar-refractivity contribution is 5.82. The van der Waals surface area contributed by atoms with Crippen molar-refractivity contribution in [1.82, 2.24) is 10.2 Å². The first-order chi connectivity index (χ1) is 8.65. The molecule has 18 heavy (non-hydrogen) atoms. The van der Waals surface area contributed by atoms with Crippen molar-refractivity contribution in [1.29, 1.82) is 0 Å². The Hall–Kier alpha value is -0.610. The number of hydrogen-bond acceptors (Lipinski definition) is 3. The minimum atomic E-state index is -0.187. The zero-order valence-corrected chi connectivity index (χ0v) is 11.7. The number of carbonyl (C=O) groups is 1. The van der Waals surface area contributed by atoms with Gasteiger partial charge in [-0.25, -0.2) is 0 Å². The van der Waals surface area contributed by atoms with Crippen molar-refractivity contribution in [3.8, 4) is 0 Å². The number of likely N-dealkylation sites (tertiary alicyclic amines) is 1. The molecule has 1 N–H and O–H groups in total. The number of rotatable bonds is 3. The highest BCUT2D eigenvalue weighted by Gasteiger charge is 2.39. The predicted octanol–water partition coefficient (Wildman–Crippen LogP) is 1.26. The minimum absolute atomic E-state index is 0.187. The van der Waals surface area contributed by atoms with Gasteiger partial charge in [0.25, 0.3) is 0 Å². The first-order valence-corrected chi connectivity index (χ1v) is 7.15. The third kappa shape index (κ3) is 3.04. The van der Waals surface area contributed by atoms with E-state index in [0.717, 1.165) is 52.0 Å². The van der Waals surface area contributed by atoms with Crippen molar-refractivity contribution in [2.45, 2.75) is 32.6 Å². The van der Waals surface area contributed by atoms with E-state index in [2.05, 4.69) is 17.1 Å². The highest BCUT2D eigenvalue weighted by Crippen LogP contribution is 2.30. The van der Waals surface area contributed by atoms with Gasteiger partial charge in [0.2, 0.25) is 5.91 Å². The fourth-order valence-electron chi connectivity index (χ4n) is 3.24. The summed E-state index contributed by atoms with van der Waals surface area (Å²) in [4.78, 5) is 14.7. The van der Waals surface area contributed by atoms with Crippen LogP contribution in [0.2, 0.25) is 0 Å². The molecule has 0 aromatic rings. The van der Waals surface area contributed by atoms with E-state index in [1.54, 1.807) is 7.11 Å². The largest absolute Gasteiger partial charge is 0.384 e. The lowest BCUT2D eigenvalue weighted by atomic mass is 9.80. The Kier molecular flexibility index (Phi) is 4.62. The van der Waals surface area contributed by atoms with Crippen LogP contribution in [-0.4, -0.2) is 50.7 Å². The van der Waals surface area contributed by atoms with E-state index in [1.807, 2.05) is 0 Å². The molecule has 2 unspecified atom stereocenters. The molecule has 2 atom stereocenters. The van der Waals surface area contributed by atoms with E-state index < -0.39 is 0 Å². The third-order valence-corrected chi connectivity index (χ3v) is 4.32. The van der Waals surface area contributed by atoms with Crippen molar-refractivity contribution in [3.63, 3.8) is 0 Å². The second-order valence-corrected chi connectivity index (χ2v) is 6.06. The molecule has 0 bridgehead atoms. The number of carbonyl (C=O) groups excluding carboxylic acids is 1. The maximum atomic E-state index is 12.7. The third-order valence-electron chi connectivity index (χ3n) is 4.32. The maximum Gasteiger partial charge on any atom is 0.229 e. The predicted molar refractivity (Wildman–Crippen MR) is 71.4 cm³/mol. The smallest absolute Gasteiger partial charge is 0.229 e. The molecule has 2 aliphatic rings. The average Bonchev–Trinajstić information content (AvgIpc) is 2.39. The van der Waals surface area contributed by atoms with E-state index in [-0.39, 0.29) is 5.41 Å². The molecule has 0 aromatic heterocycles. The van der Waals surface area contributed by atoms with Crippen molar-refractivity contribution in [3.05, 3.63) is 0 Å². The monoisotopic (exact) mass is 254 g/mol. The Balaban J connectivity index is 1.95. The van der Waals surface area contributed by atoms with Crippen LogP contribution in [0.25, 0.3) is 0 Å². The van der Waals surface area contributed by atoms with Gasteiger partial charge in [-0.3, -0.25) is 4.79 Å². The molecule has 2 rings (SSSR count). The summed E-state index contributed by atoms with van der Waals surface area (Å²) in [6.07, 6.45) is 4.43. The Morgan fingerprint density at radius 2 is 2.33 bits per heavy atom. The van der Waals surface area contributed by atoms with Crippen LogP contribution in [0.3, 0.4) is 0 Å². The molecule has 0 aliphatic carbocycles. The Morgan fingerprint density at radius 3 is 3.00 bits per heavy atom. The zero-order valence-electron chi connectivity index (χ0n) is 11.7. The van der Waals surface area contributed by atoms with Crippen LogP contribution in [0.5, 0.6) is 0 Å². The molecule has 0 radical (unpaired) electrons. The van der Waals surface area contributed by atoms with E-state index in [9.17, 15) is 4.79 Å². The van der Waals surface area contributed by atoms with Crippen LogP contribution < -0.4 is 5.32 Å². The first-order valence-electron chi connectivity index (χ1n) is 7.15. The lowest BCUT2D eigenvalue weighted by Gasteiger charge is -2.40. The summed E-state index contributed by atoms with van der Waals surface area (Å²) in [5.74, 6) is 0.864. The lowest BCUT2D eigenvalue weighted by Crippen LogP contribution is -2.52. The van der Waals surface area contributed by atoms with Crippen LogP contribution >= 0.6 is 0 Å². The normalized spacial score (nSPS) is 33.4. The van der Waals surface area contributed by atoms with Crippen LogP contribution in [0.4, 0.5) is 0 Å². The quantitative estimate of drug-likeness (QED) is 0.824. The second kappa shape index (κ2) is 6.02. The molecular weight excluding hydrogens is 228 g/mol. The molecule has 2 aliphatic heterocycles. The minimum Gasteiger partial charge on any atom is -0.384 e. The maximum absolute atomic E-state index is 12.7. The fraction of sp³-hybridized carbons (Fsp3) is 0.929. The molecule has 2 fully saturated rings.